The Kier molecular flexibility index (Phi) is 3.49. The maximum absolute atomic E-state index is 5.09. The molecule has 0 saturated carbocycles. The maximum atomic E-state index is 5.09. The molecule has 1 saturated heterocycles. The first kappa shape index (κ1) is 13.0. The zero-order chi connectivity index (χ0) is 14.1. The molecule has 110 valence electrons. The number of aromatic nitrogens is 1. The number of nitrogens with zero attached hydrogens (tertiary/aromatic N) is 3. The molecule has 0 aliphatic carbocycles. The highest BCUT2D eigenvalue weighted by molar-refractivity contribution is 5.18. The molecule has 4 heteroatoms. The zero-order valence-electron chi connectivity index (χ0n) is 12.2. The van der Waals surface area contributed by atoms with E-state index in [2.05, 4.69) is 45.3 Å². The van der Waals surface area contributed by atoms with Gasteiger partial charge in [0.15, 0.2) is 0 Å². The third kappa shape index (κ3) is 2.74. The topological polar surface area (TPSA) is 32.5 Å². The van der Waals surface area contributed by atoms with E-state index in [1.807, 2.05) is 6.26 Å². The maximum Gasteiger partial charge on any atom is 0.128 e. The second kappa shape index (κ2) is 5.62. The van der Waals surface area contributed by atoms with E-state index < -0.39 is 0 Å². The molecule has 2 aromatic rings. The van der Waals surface area contributed by atoms with Crippen LogP contribution in [0.1, 0.15) is 23.2 Å². The SMILES string of the molecule is c1ccc(CN2CCC(N3CCc4nocc4C3)C2)cc1. The Morgan fingerprint density at radius 2 is 2.10 bits per heavy atom. The lowest BCUT2D eigenvalue weighted by Gasteiger charge is -2.31. The van der Waals surface area contributed by atoms with Crippen molar-refractivity contribution in [2.75, 3.05) is 19.6 Å². The average molecular weight is 283 g/mol. The standard InChI is InChI=1S/C17H21N3O/c1-2-4-14(5-3-1)10-19-8-6-16(12-19)20-9-7-17-15(11-20)13-21-18-17/h1-5,13,16H,6-12H2. The number of likely N-dealkylation sites (tertiary alicyclic amines) is 1. The number of fused-ring (bicyclic) bond motifs is 1. The molecule has 1 aromatic heterocycles. The van der Waals surface area contributed by atoms with Crippen molar-refractivity contribution in [2.24, 2.45) is 0 Å². The Labute approximate surface area is 125 Å². The van der Waals surface area contributed by atoms with E-state index >= 15 is 0 Å². The average Bonchev–Trinajstić information content (AvgIpc) is 3.16. The van der Waals surface area contributed by atoms with Crippen LogP contribution in [0, 0.1) is 0 Å². The first-order valence-corrected chi connectivity index (χ1v) is 7.81. The first-order chi connectivity index (χ1) is 10.4. The minimum absolute atomic E-state index is 0.678. The fourth-order valence-electron chi connectivity index (χ4n) is 3.57. The molecule has 0 amide bonds. The quantitative estimate of drug-likeness (QED) is 0.865. The third-order valence-electron chi connectivity index (χ3n) is 4.75. The summed E-state index contributed by atoms with van der Waals surface area (Å²) in [5, 5.41) is 4.08. The zero-order valence-corrected chi connectivity index (χ0v) is 12.2. The normalized spacial score (nSPS) is 23.3. The van der Waals surface area contributed by atoms with Gasteiger partial charge in [-0.15, -0.1) is 0 Å². The molecule has 0 spiro atoms. The van der Waals surface area contributed by atoms with Gasteiger partial charge in [-0.2, -0.15) is 0 Å². The minimum Gasteiger partial charge on any atom is -0.364 e. The van der Waals surface area contributed by atoms with Crippen LogP contribution >= 0.6 is 0 Å². The van der Waals surface area contributed by atoms with Gasteiger partial charge < -0.3 is 4.52 Å². The van der Waals surface area contributed by atoms with Crippen LogP contribution in [0.2, 0.25) is 0 Å². The van der Waals surface area contributed by atoms with Crippen LogP contribution in [0.5, 0.6) is 0 Å². The van der Waals surface area contributed by atoms with E-state index in [4.69, 9.17) is 4.52 Å². The van der Waals surface area contributed by atoms with Crippen molar-refractivity contribution in [3.63, 3.8) is 0 Å². The molecule has 1 atom stereocenters. The van der Waals surface area contributed by atoms with Crippen LogP contribution in [-0.4, -0.2) is 40.6 Å². The molecule has 0 radical (unpaired) electrons. The molecule has 3 heterocycles. The van der Waals surface area contributed by atoms with Gasteiger partial charge in [-0.25, -0.2) is 0 Å². The minimum atomic E-state index is 0.678. The Balaban J connectivity index is 1.36. The lowest BCUT2D eigenvalue weighted by atomic mass is 10.1. The van der Waals surface area contributed by atoms with Crippen molar-refractivity contribution >= 4 is 0 Å². The summed E-state index contributed by atoms with van der Waals surface area (Å²) in [5.74, 6) is 0. The Morgan fingerprint density at radius 3 is 3.00 bits per heavy atom. The van der Waals surface area contributed by atoms with Gasteiger partial charge >= 0.3 is 0 Å². The van der Waals surface area contributed by atoms with Crippen molar-refractivity contribution in [3.8, 4) is 0 Å². The van der Waals surface area contributed by atoms with Gasteiger partial charge in [0, 0.05) is 50.7 Å². The van der Waals surface area contributed by atoms with Crippen LogP contribution in [0.3, 0.4) is 0 Å². The van der Waals surface area contributed by atoms with Crippen molar-refractivity contribution in [1.82, 2.24) is 15.0 Å². The van der Waals surface area contributed by atoms with Crippen LogP contribution in [-0.2, 0) is 19.5 Å². The summed E-state index contributed by atoms with van der Waals surface area (Å²) in [6.07, 6.45) is 4.12. The molecule has 1 unspecified atom stereocenters. The molecular formula is C17H21N3O. The van der Waals surface area contributed by atoms with Crippen molar-refractivity contribution < 1.29 is 4.52 Å². The van der Waals surface area contributed by atoms with E-state index in [-0.39, 0.29) is 0 Å². The molecule has 4 nitrogen and oxygen atoms in total. The van der Waals surface area contributed by atoms with Crippen LogP contribution in [0.25, 0.3) is 0 Å². The molecule has 21 heavy (non-hydrogen) atoms. The summed E-state index contributed by atoms with van der Waals surface area (Å²) in [7, 11) is 0. The fourth-order valence-corrected chi connectivity index (χ4v) is 3.57. The predicted octanol–water partition coefficient (Wildman–Crippen LogP) is 2.31. The van der Waals surface area contributed by atoms with Gasteiger partial charge in [-0.1, -0.05) is 35.5 Å². The van der Waals surface area contributed by atoms with Gasteiger partial charge in [0.25, 0.3) is 0 Å². The number of hydrogen-bond acceptors (Lipinski definition) is 4. The molecule has 0 bridgehead atoms. The molecule has 2 aliphatic heterocycles. The molecular weight excluding hydrogens is 262 g/mol. The summed E-state index contributed by atoms with van der Waals surface area (Å²) < 4.78 is 5.09. The van der Waals surface area contributed by atoms with E-state index in [0.717, 1.165) is 31.7 Å². The lowest BCUT2D eigenvalue weighted by molar-refractivity contribution is 0.174. The Bertz CT molecular complexity index is 595. The van der Waals surface area contributed by atoms with E-state index in [1.165, 1.54) is 30.6 Å². The Hall–Kier alpha value is -1.65. The van der Waals surface area contributed by atoms with Crippen LogP contribution < -0.4 is 0 Å². The van der Waals surface area contributed by atoms with Gasteiger partial charge in [0.1, 0.15) is 6.26 Å². The van der Waals surface area contributed by atoms with Gasteiger partial charge in [0.05, 0.1) is 5.69 Å². The fraction of sp³-hybridized carbons (Fsp3) is 0.471. The second-order valence-electron chi connectivity index (χ2n) is 6.17. The third-order valence-corrected chi connectivity index (χ3v) is 4.75. The van der Waals surface area contributed by atoms with Crippen molar-refractivity contribution in [1.29, 1.82) is 0 Å². The largest absolute Gasteiger partial charge is 0.364 e. The van der Waals surface area contributed by atoms with Gasteiger partial charge in [-0.05, 0) is 12.0 Å². The molecule has 2 aliphatic rings. The highest BCUT2D eigenvalue weighted by atomic mass is 16.5. The number of benzene rings is 1. The van der Waals surface area contributed by atoms with E-state index in [9.17, 15) is 0 Å². The number of hydrogen-bond donors (Lipinski definition) is 0. The summed E-state index contributed by atoms with van der Waals surface area (Å²) >= 11 is 0. The van der Waals surface area contributed by atoms with Crippen LogP contribution in [0.15, 0.2) is 41.1 Å². The predicted molar refractivity (Wildman–Crippen MR) is 80.7 cm³/mol. The lowest BCUT2D eigenvalue weighted by Crippen LogP contribution is -2.40. The van der Waals surface area contributed by atoms with E-state index in [0.29, 0.717) is 6.04 Å². The molecule has 1 aromatic carbocycles. The monoisotopic (exact) mass is 283 g/mol. The summed E-state index contributed by atoms with van der Waals surface area (Å²) in [5.41, 5.74) is 3.85. The molecule has 4 rings (SSSR count). The van der Waals surface area contributed by atoms with E-state index in [1.54, 1.807) is 0 Å². The highest BCUT2D eigenvalue weighted by Crippen LogP contribution is 2.24. The van der Waals surface area contributed by atoms with Crippen molar-refractivity contribution in [3.05, 3.63) is 53.4 Å². The first-order valence-electron chi connectivity index (χ1n) is 7.81. The summed E-state index contributed by atoms with van der Waals surface area (Å²) in [6.45, 7) is 5.57. The summed E-state index contributed by atoms with van der Waals surface area (Å²) in [4.78, 5) is 5.17. The highest BCUT2D eigenvalue weighted by Gasteiger charge is 2.30. The van der Waals surface area contributed by atoms with Crippen molar-refractivity contribution in [2.45, 2.75) is 32.0 Å². The second-order valence-corrected chi connectivity index (χ2v) is 6.17. The van der Waals surface area contributed by atoms with Crippen LogP contribution in [0.4, 0.5) is 0 Å². The number of rotatable bonds is 3. The van der Waals surface area contributed by atoms with Gasteiger partial charge in [-0.3, -0.25) is 9.80 Å². The molecule has 0 N–H and O–H groups in total. The smallest absolute Gasteiger partial charge is 0.128 e. The van der Waals surface area contributed by atoms with Gasteiger partial charge in [0.2, 0.25) is 0 Å². The summed E-state index contributed by atoms with van der Waals surface area (Å²) in [6, 6.07) is 11.5. The Morgan fingerprint density at radius 1 is 1.19 bits per heavy atom. The molecule has 1 fully saturated rings.